The molecule has 2 atom stereocenters. The third-order valence-electron chi connectivity index (χ3n) is 4.52. The standard InChI is InChI=1S/C17H27NO3/c1-11(2)14-10-18-9-8-12(14)13-6-7-15(19-3)17(21-5)16(13)20-4/h6-7,11-12,14,18H,8-10H2,1-5H3. The van der Waals surface area contributed by atoms with Gasteiger partial charge in [0.05, 0.1) is 21.3 Å². The van der Waals surface area contributed by atoms with Gasteiger partial charge in [-0.25, -0.2) is 0 Å². The molecule has 0 bridgehead atoms. The van der Waals surface area contributed by atoms with Gasteiger partial charge >= 0.3 is 0 Å². The molecule has 2 rings (SSSR count). The summed E-state index contributed by atoms with van der Waals surface area (Å²) in [7, 11) is 5.01. The van der Waals surface area contributed by atoms with Crippen molar-refractivity contribution >= 4 is 0 Å². The van der Waals surface area contributed by atoms with E-state index >= 15 is 0 Å². The topological polar surface area (TPSA) is 39.7 Å². The van der Waals surface area contributed by atoms with Crippen LogP contribution in [0.3, 0.4) is 0 Å². The molecule has 0 aromatic heterocycles. The fraction of sp³-hybridized carbons (Fsp3) is 0.647. The lowest BCUT2D eigenvalue weighted by molar-refractivity contribution is 0.247. The monoisotopic (exact) mass is 293 g/mol. The van der Waals surface area contributed by atoms with Crippen molar-refractivity contribution in [1.82, 2.24) is 5.32 Å². The Kier molecular flexibility index (Phi) is 5.34. The lowest BCUT2D eigenvalue weighted by atomic mass is 9.75. The minimum atomic E-state index is 0.487. The van der Waals surface area contributed by atoms with Crippen LogP contribution < -0.4 is 19.5 Å². The van der Waals surface area contributed by atoms with E-state index in [0.29, 0.717) is 29.3 Å². The van der Waals surface area contributed by atoms with Gasteiger partial charge in [-0.2, -0.15) is 0 Å². The summed E-state index contributed by atoms with van der Waals surface area (Å²) in [6.07, 6.45) is 1.12. The third kappa shape index (κ3) is 3.10. The molecule has 1 aliphatic rings. The van der Waals surface area contributed by atoms with Gasteiger partial charge < -0.3 is 19.5 Å². The molecular weight excluding hydrogens is 266 g/mol. The van der Waals surface area contributed by atoms with Gasteiger partial charge in [0.1, 0.15) is 0 Å². The Hall–Kier alpha value is -1.42. The zero-order valence-electron chi connectivity index (χ0n) is 13.7. The predicted octanol–water partition coefficient (Wildman–Crippen LogP) is 3.06. The Morgan fingerprint density at radius 1 is 1.05 bits per heavy atom. The summed E-state index contributed by atoms with van der Waals surface area (Å²) in [5, 5.41) is 3.51. The molecular formula is C17H27NO3. The highest BCUT2D eigenvalue weighted by molar-refractivity contribution is 5.57. The van der Waals surface area contributed by atoms with E-state index in [-0.39, 0.29) is 0 Å². The molecule has 21 heavy (non-hydrogen) atoms. The summed E-state index contributed by atoms with van der Waals surface area (Å²) in [6, 6.07) is 4.11. The van der Waals surface area contributed by atoms with Gasteiger partial charge in [-0.15, -0.1) is 0 Å². The lowest BCUT2D eigenvalue weighted by Gasteiger charge is -2.36. The first-order chi connectivity index (χ1) is 10.1. The van der Waals surface area contributed by atoms with E-state index in [4.69, 9.17) is 14.2 Å². The van der Waals surface area contributed by atoms with Crippen molar-refractivity contribution in [2.24, 2.45) is 11.8 Å². The van der Waals surface area contributed by atoms with E-state index in [0.717, 1.165) is 25.3 Å². The Bertz CT molecular complexity index is 473. The van der Waals surface area contributed by atoms with Crippen molar-refractivity contribution in [3.63, 3.8) is 0 Å². The minimum absolute atomic E-state index is 0.487. The van der Waals surface area contributed by atoms with Gasteiger partial charge in [0, 0.05) is 5.56 Å². The summed E-state index contributed by atoms with van der Waals surface area (Å²) in [5.74, 6) is 3.94. The predicted molar refractivity (Wildman–Crippen MR) is 84.7 cm³/mol. The number of ether oxygens (including phenoxy) is 3. The molecule has 0 radical (unpaired) electrons. The normalized spacial score (nSPS) is 22.2. The molecule has 0 spiro atoms. The van der Waals surface area contributed by atoms with Crippen molar-refractivity contribution in [3.8, 4) is 17.2 Å². The van der Waals surface area contributed by atoms with Crippen molar-refractivity contribution < 1.29 is 14.2 Å². The highest BCUT2D eigenvalue weighted by Crippen LogP contribution is 2.46. The Balaban J connectivity index is 2.46. The van der Waals surface area contributed by atoms with Crippen molar-refractivity contribution in [1.29, 1.82) is 0 Å². The van der Waals surface area contributed by atoms with Crippen molar-refractivity contribution in [3.05, 3.63) is 17.7 Å². The quantitative estimate of drug-likeness (QED) is 0.905. The van der Waals surface area contributed by atoms with Gasteiger partial charge in [0.15, 0.2) is 11.5 Å². The van der Waals surface area contributed by atoms with Gasteiger partial charge in [-0.1, -0.05) is 19.9 Å². The molecule has 1 saturated heterocycles. The molecule has 0 aliphatic carbocycles. The summed E-state index contributed by atoms with van der Waals surface area (Å²) in [6.45, 7) is 6.68. The van der Waals surface area contributed by atoms with Crippen LogP contribution in [0.15, 0.2) is 12.1 Å². The maximum atomic E-state index is 5.67. The second-order valence-electron chi connectivity index (χ2n) is 5.93. The van der Waals surface area contributed by atoms with Crippen molar-refractivity contribution in [2.45, 2.75) is 26.2 Å². The van der Waals surface area contributed by atoms with E-state index in [1.165, 1.54) is 5.56 Å². The van der Waals surface area contributed by atoms with Crippen LogP contribution in [-0.2, 0) is 0 Å². The smallest absolute Gasteiger partial charge is 0.203 e. The summed E-state index contributed by atoms with van der Waals surface area (Å²) in [4.78, 5) is 0. The van der Waals surface area contributed by atoms with Crippen LogP contribution in [0.25, 0.3) is 0 Å². The maximum Gasteiger partial charge on any atom is 0.203 e. The number of rotatable bonds is 5. The SMILES string of the molecule is COc1ccc(C2CCNCC2C(C)C)c(OC)c1OC. The average Bonchev–Trinajstić information content (AvgIpc) is 2.53. The zero-order valence-corrected chi connectivity index (χ0v) is 13.7. The zero-order chi connectivity index (χ0) is 15.4. The highest BCUT2D eigenvalue weighted by atomic mass is 16.5. The van der Waals surface area contributed by atoms with E-state index < -0.39 is 0 Å². The maximum absolute atomic E-state index is 5.67. The van der Waals surface area contributed by atoms with E-state index in [1.54, 1.807) is 21.3 Å². The van der Waals surface area contributed by atoms with Crippen LogP contribution >= 0.6 is 0 Å². The molecule has 1 aromatic carbocycles. The number of hydrogen-bond donors (Lipinski definition) is 1. The van der Waals surface area contributed by atoms with E-state index in [2.05, 4.69) is 25.2 Å². The Morgan fingerprint density at radius 3 is 2.33 bits per heavy atom. The summed E-state index contributed by atoms with van der Waals surface area (Å²) in [5.41, 5.74) is 1.23. The van der Waals surface area contributed by atoms with Gasteiger partial charge in [-0.05, 0) is 43.3 Å². The Labute approximate surface area is 127 Å². The molecule has 4 heteroatoms. The molecule has 1 heterocycles. The first-order valence-electron chi connectivity index (χ1n) is 7.63. The largest absolute Gasteiger partial charge is 0.493 e. The van der Waals surface area contributed by atoms with Crippen molar-refractivity contribution in [2.75, 3.05) is 34.4 Å². The molecule has 1 aromatic rings. The molecule has 1 N–H and O–H groups in total. The average molecular weight is 293 g/mol. The molecule has 2 unspecified atom stereocenters. The molecule has 118 valence electrons. The third-order valence-corrected chi connectivity index (χ3v) is 4.52. The molecule has 1 fully saturated rings. The summed E-state index contributed by atoms with van der Waals surface area (Å²) < 4.78 is 16.6. The fourth-order valence-corrected chi connectivity index (χ4v) is 3.39. The van der Waals surface area contributed by atoms with Gasteiger partial charge in [-0.3, -0.25) is 0 Å². The van der Waals surface area contributed by atoms with Crippen LogP contribution in [0.5, 0.6) is 17.2 Å². The minimum Gasteiger partial charge on any atom is -0.493 e. The number of methoxy groups -OCH3 is 3. The second kappa shape index (κ2) is 7.03. The van der Waals surface area contributed by atoms with Crippen LogP contribution in [0.1, 0.15) is 31.7 Å². The van der Waals surface area contributed by atoms with E-state index in [9.17, 15) is 0 Å². The molecule has 4 nitrogen and oxygen atoms in total. The second-order valence-corrected chi connectivity index (χ2v) is 5.93. The molecule has 0 saturated carbocycles. The van der Waals surface area contributed by atoms with Gasteiger partial charge in [0.2, 0.25) is 5.75 Å². The molecule has 0 amide bonds. The van der Waals surface area contributed by atoms with Crippen LogP contribution in [-0.4, -0.2) is 34.4 Å². The number of nitrogens with one attached hydrogen (secondary N) is 1. The first-order valence-corrected chi connectivity index (χ1v) is 7.63. The summed E-state index contributed by atoms with van der Waals surface area (Å²) >= 11 is 0. The Morgan fingerprint density at radius 2 is 1.76 bits per heavy atom. The lowest BCUT2D eigenvalue weighted by Crippen LogP contribution is -2.38. The van der Waals surface area contributed by atoms with Crippen LogP contribution in [0.4, 0.5) is 0 Å². The van der Waals surface area contributed by atoms with Gasteiger partial charge in [0.25, 0.3) is 0 Å². The van der Waals surface area contributed by atoms with E-state index in [1.807, 2.05) is 6.07 Å². The fourth-order valence-electron chi connectivity index (χ4n) is 3.39. The molecule has 1 aliphatic heterocycles. The number of piperidine rings is 1. The van der Waals surface area contributed by atoms with Crippen LogP contribution in [0.2, 0.25) is 0 Å². The number of hydrogen-bond acceptors (Lipinski definition) is 4. The first kappa shape index (κ1) is 16.0. The van der Waals surface area contributed by atoms with Crippen LogP contribution in [0, 0.1) is 11.8 Å². The number of benzene rings is 1. The highest BCUT2D eigenvalue weighted by Gasteiger charge is 2.32.